The molecule has 0 aromatic heterocycles. The lowest BCUT2D eigenvalue weighted by molar-refractivity contribution is 0.244. The van der Waals surface area contributed by atoms with Gasteiger partial charge in [0.05, 0.1) is 11.8 Å². The van der Waals surface area contributed by atoms with Crippen LogP contribution in [0.15, 0.2) is 36.4 Å². The Hall–Kier alpha value is -2.23. The van der Waals surface area contributed by atoms with Crippen molar-refractivity contribution in [2.45, 2.75) is 26.9 Å². The lowest BCUT2D eigenvalue weighted by Crippen LogP contribution is -2.07. The second-order valence-corrected chi connectivity index (χ2v) is 5.01. The molecular weight excluding hydrogens is 255 g/mol. The fraction of sp³-hybridized carbons (Fsp3) is 0.250. The molecule has 0 heterocycles. The van der Waals surface area contributed by atoms with Gasteiger partial charge in [-0.2, -0.15) is 0 Å². The predicted octanol–water partition coefficient (Wildman–Crippen LogP) is 4.25. The van der Waals surface area contributed by atoms with Crippen LogP contribution in [0.2, 0.25) is 0 Å². The second-order valence-electron chi connectivity index (χ2n) is 5.01. The molecule has 0 atom stereocenters. The molecular formula is C16H19FN2O. The van der Waals surface area contributed by atoms with E-state index in [2.05, 4.69) is 5.32 Å². The normalized spacial score (nSPS) is 10.7. The van der Waals surface area contributed by atoms with E-state index in [9.17, 15) is 4.39 Å². The number of benzene rings is 2. The molecule has 0 aliphatic carbocycles. The van der Waals surface area contributed by atoms with Crippen LogP contribution in [0.4, 0.5) is 21.5 Å². The fourth-order valence-corrected chi connectivity index (χ4v) is 1.81. The van der Waals surface area contributed by atoms with Crippen molar-refractivity contribution >= 4 is 17.1 Å². The van der Waals surface area contributed by atoms with Crippen LogP contribution in [0.25, 0.3) is 0 Å². The van der Waals surface area contributed by atoms with Gasteiger partial charge in [0.1, 0.15) is 11.6 Å². The molecule has 0 spiro atoms. The topological polar surface area (TPSA) is 47.3 Å². The van der Waals surface area contributed by atoms with E-state index >= 15 is 0 Å². The van der Waals surface area contributed by atoms with Crippen LogP contribution in [0, 0.1) is 12.7 Å². The quantitative estimate of drug-likeness (QED) is 0.819. The number of hydrogen-bond acceptors (Lipinski definition) is 3. The first kappa shape index (κ1) is 14.2. The van der Waals surface area contributed by atoms with E-state index in [0.29, 0.717) is 22.7 Å². The average molecular weight is 274 g/mol. The Balaban J connectivity index is 2.22. The first-order valence-corrected chi connectivity index (χ1v) is 6.55. The molecule has 0 saturated carbocycles. The zero-order valence-corrected chi connectivity index (χ0v) is 11.9. The van der Waals surface area contributed by atoms with Crippen molar-refractivity contribution in [2.75, 3.05) is 11.1 Å². The van der Waals surface area contributed by atoms with Crippen LogP contribution >= 0.6 is 0 Å². The Morgan fingerprint density at radius 1 is 1.10 bits per heavy atom. The highest BCUT2D eigenvalue weighted by Crippen LogP contribution is 2.28. The number of ether oxygens (including phenoxy) is 1. The van der Waals surface area contributed by atoms with Gasteiger partial charge in [-0.25, -0.2) is 4.39 Å². The van der Waals surface area contributed by atoms with Gasteiger partial charge in [-0.15, -0.1) is 0 Å². The van der Waals surface area contributed by atoms with Gasteiger partial charge >= 0.3 is 0 Å². The lowest BCUT2D eigenvalue weighted by Gasteiger charge is -2.14. The van der Waals surface area contributed by atoms with E-state index in [1.54, 1.807) is 19.1 Å². The van der Waals surface area contributed by atoms with Crippen molar-refractivity contribution in [3.8, 4) is 5.75 Å². The molecule has 2 aromatic carbocycles. The summed E-state index contributed by atoms with van der Waals surface area (Å²) in [7, 11) is 0. The molecule has 0 radical (unpaired) electrons. The molecule has 2 aromatic rings. The number of rotatable bonds is 4. The molecule has 0 aliphatic heterocycles. The molecule has 0 saturated heterocycles. The Morgan fingerprint density at radius 2 is 1.75 bits per heavy atom. The summed E-state index contributed by atoms with van der Waals surface area (Å²) in [4.78, 5) is 0. The number of nitrogen functional groups attached to an aromatic ring is 1. The SMILES string of the molecule is Cc1ccc(Nc2ccc(N)c(OC(C)C)c2)cc1F. The minimum Gasteiger partial charge on any atom is -0.489 e. The maximum Gasteiger partial charge on any atom is 0.144 e. The third kappa shape index (κ3) is 3.41. The first-order valence-electron chi connectivity index (χ1n) is 6.55. The van der Waals surface area contributed by atoms with Gasteiger partial charge in [0, 0.05) is 17.4 Å². The maximum absolute atomic E-state index is 13.5. The molecule has 0 fully saturated rings. The second kappa shape index (κ2) is 5.82. The van der Waals surface area contributed by atoms with Gasteiger partial charge in [-0.1, -0.05) is 6.07 Å². The summed E-state index contributed by atoms with van der Waals surface area (Å²) in [6.45, 7) is 5.61. The third-order valence-corrected chi connectivity index (χ3v) is 2.84. The van der Waals surface area contributed by atoms with Crippen LogP contribution in [-0.4, -0.2) is 6.10 Å². The zero-order chi connectivity index (χ0) is 14.7. The Labute approximate surface area is 118 Å². The van der Waals surface area contributed by atoms with Crippen molar-refractivity contribution in [1.29, 1.82) is 0 Å². The summed E-state index contributed by atoms with van der Waals surface area (Å²) in [5.74, 6) is 0.390. The highest BCUT2D eigenvalue weighted by molar-refractivity contribution is 5.67. The van der Waals surface area contributed by atoms with Crippen molar-refractivity contribution < 1.29 is 9.13 Å². The summed E-state index contributed by atoms with van der Waals surface area (Å²) in [5.41, 5.74) is 8.56. The first-order chi connectivity index (χ1) is 9.45. The summed E-state index contributed by atoms with van der Waals surface area (Å²) < 4.78 is 19.1. The van der Waals surface area contributed by atoms with Crippen molar-refractivity contribution in [2.24, 2.45) is 0 Å². The van der Waals surface area contributed by atoms with E-state index in [-0.39, 0.29) is 11.9 Å². The van der Waals surface area contributed by atoms with E-state index in [4.69, 9.17) is 10.5 Å². The summed E-state index contributed by atoms with van der Waals surface area (Å²) in [5, 5.41) is 3.14. The number of anilines is 3. The molecule has 0 aliphatic rings. The summed E-state index contributed by atoms with van der Waals surface area (Å²) in [6, 6.07) is 10.4. The van der Waals surface area contributed by atoms with Crippen LogP contribution in [0.5, 0.6) is 5.75 Å². The summed E-state index contributed by atoms with van der Waals surface area (Å²) in [6.07, 6.45) is 0.0457. The smallest absolute Gasteiger partial charge is 0.144 e. The van der Waals surface area contributed by atoms with Crippen molar-refractivity contribution in [1.82, 2.24) is 0 Å². The van der Waals surface area contributed by atoms with Gasteiger partial charge in [0.2, 0.25) is 0 Å². The highest BCUT2D eigenvalue weighted by Gasteiger charge is 2.06. The Bertz CT molecular complexity index is 611. The van der Waals surface area contributed by atoms with Gasteiger partial charge in [-0.3, -0.25) is 0 Å². The standard InChI is InChI=1S/C16H19FN2O/c1-10(2)20-16-9-13(6-7-15(16)18)19-12-5-4-11(3)14(17)8-12/h4-10,19H,18H2,1-3H3. The zero-order valence-electron chi connectivity index (χ0n) is 11.9. The molecule has 4 heteroatoms. The van der Waals surface area contributed by atoms with Gasteiger partial charge < -0.3 is 15.8 Å². The largest absolute Gasteiger partial charge is 0.489 e. The van der Waals surface area contributed by atoms with E-state index < -0.39 is 0 Å². The minimum atomic E-state index is -0.232. The van der Waals surface area contributed by atoms with Gasteiger partial charge in [0.25, 0.3) is 0 Å². The number of halogens is 1. The maximum atomic E-state index is 13.5. The minimum absolute atomic E-state index is 0.0457. The van der Waals surface area contributed by atoms with E-state index in [1.165, 1.54) is 6.07 Å². The average Bonchev–Trinajstić information content (AvgIpc) is 2.37. The van der Waals surface area contributed by atoms with Gasteiger partial charge in [0.15, 0.2) is 0 Å². The number of nitrogens with two attached hydrogens (primary N) is 1. The molecule has 106 valence electrons. The molecule has 2 rings (SSSR count). The van der Waals surface area contributed by atoms with Crippen molar-refractivity contribution in [3.05, 3.63) is 47.8 Å². The predicted molar refractivity (Wildman–Crippen MR) is 81.0 cm³/mol. The van der Waals surface area contributed by atoms with Crippen LogP contribution in [0.1, 0.15) is 19.4 Å². The lowest BCUT2D eigenvalue weighted by atomic mass is 10.2. The number of aryl methyl sites for hydroxylation is 1. The molecule has 0 bridgehead atoms. The summed E-state index contributed by atoms with van der Waals surface area (Å²) >= 11 is 0. The third-order valence-electron chi connectivity index (χ3n) is 2.84. The fourth-order valence-electron chi connectivity index (χ4n) is 1.81. The van der Waals surface area contributed by atoms with Crippen LogP contribution < -0.4 is 15.8 Å². The monoisotopic (exact) mass is 274 g/mol. The highest BCUT2D eigenvalue weighted by atomic mass is 19.1. The Kier molecular flexibility index (Phi) is 4.13. The molecule has 0 amide bonds. The number of nitrogens with one attached hydrogen (secondary N) is 1. The van der Waals surface area contributed by atoms with Crippen LogP contribution in [-0.2, 0) is 0 Å². The molecule has 3 nitrogen and oxygen atoms in total. The molecule has 20 heavy (non-hydrogen) atoms. The van der Waals surface area contributed by atoms with Gasteiger partial charge in [-0.05, 0) is 50.6 Å². The van der Waals surface area contributed by atoms with Crippen molar-refractivity contribution in [3.63, 3.8) is 0 Å². The van der Waals surface area contributed by atoms with E-state index in [0.717, 1.165) is 5.69 Å². The van der Waals surface area contributed by atoms with E-state index in [1.807, 2.05) is 32.0 Å². The van der Waals surface area contributed by atoms with Crippen LogP contribution in [0.3, 0.4) is 0 Å². The molecule has 3 N–H and O–H groups in total. The number of hydrogen-bond donors (Lipinski definition) is 2. The Morgan fingerprint density at radius 3 is 2.40 bits per heavy atom. The molecule has 0 unspecified atom stereocenters.